The Morgan fingerprint density at radius 3 is 2.54 bits per heavy atom. The molecule has 0 aliphatic carbocycles. The largest absolute Gasteiger partial charge is 0.497 e. The van der Waals surface area contributed by atoms with E-state index in [4.69, 9.17) is 9.47 Å². The number of likely N-dealkylation sites (tertiary alicyclic amines) is 1. The van der Waals surface area contributed by atoms with Gasteiger partial charge in [-0.2, -0.15) is 0 Å². The van der Waals surface area contributed by atoms with Crippen LogP contribution < -0.4 is 20.7 Å². The van der Waals surface area contributed by atoms with Gasteiger partial charge in [-0.05, 0) is 37.6 Å². The van der Waals surface area contributed by atoms with E-state index in [1.165, 1.54) is 7.05 Å². The lowest BCUT2D eigenvalue weighted by molar-refractivity contribution is 0.235. The van der Waals surface area contributed by atoms with Gasteiger partial charge in [0, 0.05) is 44.0 Å². The van der Waals surface area contributed by atoms with Gasteiger partial charge in [0.2, 0.25) is 0 Å². The smallest absolute Gasteiger partial charge is 0.330 e. The van der Waals surface area contributed by atoms with E-state index in [-0.39, 0.29) is 17.3 Å². The van der Waals surface area contributed by atoms with E-state index in [0.29, 0.717) is 12.2 Å². The van der Waals surface area contributed by atoms with Crippen molar-refractivity contribution in [3.63, 3.8) is 0 Å². The number of rotatable bonds is 5. The summed E-state index contributed by atoms with van der Waals surface area (Å²) < 4.78 is 13.6. The molecule has 1 fully saturated rings. The highest BCUT2D eigenvalue weighted by Crippen LogP contribution is 2.39. The molecule has 26 heavy (non-hydrogen) atoms. The zero-order valence-corrected chi connectivity index (χ0v) is 15.7. The lowest BCUT2D eigenvalue weighted by Gasteiger charge is -2.27. The first kappa shape index (κ1) is 18.3. The molecule has 2 aromatic rings. The van der Waals surface area contributed by atoms with E-state index in [1.54, 1.807) is 31.9 Å². The number of hydrogen-bond donors (Lipinski definition) is 0. The summed E-state index contributed by atoms with van der Waals surface area (Å²) >= 11 is 0. The number of hydrogen-bond acceptors (Lipinski definition) is 5. The first-order valence-electron chi connectivity index (χ1n) is 8.68. The SMILES string of the molecule is COc1ccc(OC)c([C@H]2CCCN2Cc2cc(=O)n(C)c(=O)n2C)c1. The zero-order chi connectivity index (χ0) is 18.8. The summed E-state index contributed by atoms with van der Waals surface area (Å²) in [5.41, 5.74) is 1.20. The fourth-order valence-corrected chi connectivity index (χ4v) is 3.61. The van der Waals surface area contributed by atoms with Gasteiger partial charge in [-0.3, -0.25) is 18.8 Å². The molecule has 0 bridgehead atoms. The molecule has 1 aliphatic heterocycles. The predicted molar refractivity (Wildman–Crippen MR) is 98.9 cm³/mol. The molecule has 1 saturated heterocycles. The summed E-state index contributed by atoms with van der Waals surface area (Å²) in [7, 11) is 6.51. The van der Waals surface area contributed by atoms with Crippen molar-refractivity contribution >= 4 is 0 Å². The van der Waals surface area contributed by atoms with Crippen molar-refractivity contribution in [1.82, 2.24) is 14.0 Å². The monoisotopic (exact) mass is 359 g/mol. The second kappa shape index (κ2) is 7.37. The Labute approximate surface area is 152 Å². The van der Waals surface area contributed by atoms with Crippen molar-refractivity contribution in [3.8, 4) is 11.5 Å². The third-order valence-corrected chi connectivity index (χ3v) is 5.15. The molecule has 0 unspecified atom stereocenters. The van der Waals surface area contributed by atoms with Crippen LogP contribution in [-0.2, 0) is 20.6 Å². The van der Waals surface area contributed by atoms with Gasteiger partial charge in [0.15, 0.2) is 0 Å². The van der Waals surface area contributed by atoms with E-state index in [1.807, 2.05) is 18.2 Å². The van der Waals surface area contributed by atoms with E-state index < -0.39 is 0 Å². The summed E-state index contributed by atoms with van der Waals surface area (Å²) in [6, 6.07) is 7.49. The van der Waals surface area contributed by atoms with Gasteiger partial charge in [-0.25, -0.2) is 4.79 Å². The summed E-state index contributed by atoms with van der Waals surface area (Å²) in [6.45, 7) is 1.43. The average Bonchev–Trinajstić information content (AvgIpc) is 3.11. The van der Waals surface area contributed by atoms with Crippen LogP contribution >= 0.6 is 0 Å². The minimum Gasteiger partial charge on any atom is -0.497 e. The van der Waals surface area contributed by atoms with Crippen LogP contribution in [0.1, 0.15) is 30.1 Å². The molecule has 1 atom stereocenters. The zero-order valence-electron chi connectivity index (χ0n) is 15.7. The highest BCUT2D eigenvalue weighted by atomic mass is 16.5. The summed E-state index contributed by atoms with van der Waals surface area (Å²) in [4.78, 5) is 26.5. The fourth-order valence-electron chi connectivity index (χ4n) is 3.61. The van der Waals surface area contributed by atoms with Crippen LogP contribution in [0.2, 0.25) is 0 Å². The molecule has 0 radical (unpaired) electrons. The molecule has 0 saturated carbocycles. The molecule has 1 aliphatic rings. The standard InChI is InChI=1S/C19H25N3O4/c1-20-13(10-18(23)21(2)19(20)24)12-22-9-5-6-16(22)15-11-14(25-3)7-8-17(15)26-4/h7-8,10-11,16H,5-6,9,12H2,1-4H3/t16-/m1/s1. The molecule has 7 nitrogen and oxygen atoms in total. The van der Waals surface area contributed by atoms with Crippen molar-refractivity contribution in [2.24, 2.45) is 14.1 Å². The van der Waals surface area contributed by atoms with Gasteiger partial charge in [0.1, 0.15) is 11.5 Å². The maximum absolute atomic E-state index is 12.2. The molecular weight excluding hydrogens is 334 g/mol. The van der Waals surface area contributed by atoms with Gasteiger partial charge < -0.3 is 9.47 Å². The minimum absolute atomic E-state index is 0.152. The Balaban J connectivity index is 1.95. The normalized spacial score (nSPS) is 17.5. The molecular formula is C19H25N3O4. The summed E-state index contributed by atoms with van der Waals surface area (Å²) in [5, 5.41) is 0. The lowest BCUT2D eigenvalue weighted by atomic mass is 10.0. The van der Waals surface area contributed by atoms with Gasteiger partial charge in [0.25, 0.3) is 5.56 Å². The van der Waals surface area contributed by atoms with Crippen molar-refractivity contribution in [1.29, 1.82) is 0 Å². The van der Waals surface area contributed by atoms with Crippen molar-refractivity contribution in [2.45, 2.75) is 25.4 Å². The first-order chi connectivity index (χ1) is 12.5. The average molecular weight is 359 g/mol. The third kappa shape index (κ3) is 3.26. The van der Waals surface area contributed by atoms with E-state index in [0.717, 1.165) is 41.0 Å². The lowest BCUT2D eigenvalue weighted by Crippen LogP contribution is -2.39. The molecule has 2 heterocycles. The predicted octanol–water partition coefficient (Wildman–Crippen LogP) is 1.44. The van der Waals surface area contributed by atoms with E-state index in [9.17, 15) is 9.59 Å². The van der Waals surface area contributed by atoms with Gasteiger partial charge in [-0.15, -0.1) is 0 Å². The molecule has 1 aromatic heterocycles. The van der Waals surface area contributed by atoms with Crippen LogP contribution in [0.25, 0.3) is 0 Å². The number of ether oxygens (including phenoxy) is 2. The second-order valence-electron chi connectivity index (χ2n) is 6.61. The van der Waals surface area contributed by atoms with Crippen molar-refractivity contribution < 1.29 is 9.47 Å². The van der Waals surface area contributed by atoms with Crippen molar-refractivity contribution in [3.05, 3.63) is 56.4 Å². The highest BCUT2D eigenvalue weighted by Gasteiger charge is 2.29. The topological polar surface area (TPSA) is 65.7 Å². The number of nitrogens with zero attached hydrogens (tertiary/aromatic N) is 3. The Bertz CT molecular complexity index is 916. The van der Waals surface area contributed by atoms with Gasteiger partial charge >= 0.3 is 5.69 Å². The quantitative estimate of drug-likeness (QED) is 0.808. The summed E-state index contributed by atoms with van der Waals surface area (Å²) in [6.07, 6.45) is 2.03. The van der Waals surface area contributed by atoms with Gasteiger partial charge in [0.05, 0.1) is 14.2 Å². The van der Waals surface area contributed by atoms with Crippen LogP contribution in [-0.4, -0.2) is 34.8 Å². The number of methoxy groups -OCH3 is 2. The maximum atomic E-state index is 12.2. The fraction of sp³-hybridized carbons (Fsp3) is 0.474. The summed E-state index contributed by atoms with van der Waals surface area (Å²) in [5.74, 6) is 1.61. The molecule has 140 valence electrons. The van der Waals surface area contributed by atoms with Crippen LogP contribution in [0, 0.1) is 0 Å². The van der Waals surface area contributed by atoms with Crippen LogP contribution in [0.15, 0.2) is 33.9 Å². The Morgan fingerprint density at radius 1 is 1.08 bits per heavy atom. The minimum atomic E-state index is -0.304. The van der Waals surface area contributed by atoms with Crippen LogP contribution in [0.5, 0.6) is 11.5 Å². The third-order valence-electron chi connectivity index (χ3n) is 5.15. The second-order valence-corrected chi connectivity index (χ2v) is 6.61. The number of aromatic nitrogens is 2. The Kier molecular flexibility index (Phi) is 5.18. The van der Waals surface area contributed by atoms with Crippen molar-refractivity contribution in [2.75, 3.05) is 20.8 Å². The molecule has 0 amide bonds. The molecule has 0 N–H and O–H groups in total. The van der Waals surface area contributed by atoms with Crippen LogP contribution in [0.4, 0.5) is 0 Å². The highest BCUT2D eigenvalue weighted by molar-refractivity contribution is 5.42. The number of benzene rings is 1. The Morgan fingerprint density at radius 2 is 1.85 bits per heavy atom. The maximum Gasteiger partial charge on any atom is 0.330 e. The van der Waals surface area contributed by atoms with Crippen LogP contribution in [0.3, 0.4) is 0 Å². The van der Waals surface area contributed by atoms with Gasteiger partial charge in [-0.1, -0.05) is 0 Å². The van der Waals surface area contributed by atoms with E-state index >= 15 is 0 Å². The van der Waals surface area contributed by atoms with E-state index in [2.05, 4.69) is 4.90 Å². The molecule has 3 rings (SSSR count). The first-order valence-corrected chi connectivity index (χ1v) is 8.68. The Hall–Kier alpha value is -2.54. The molecule has 1 aromatic carbocycles. The molecule has 0 spiro atoms. The molecule has 7 heteroatoms.